The molecule has 0 aliphatic rings. The lowest BCUT2D eigenvalue weighted by Crippen LogP contribution is -2.30. The zero-order chi connectivity index (χ0) is 19.1. The molecular weight excluding hydrogens is 345 g/mol. The van der Waals surface area contributed by atoms with E-state index >= 15 is 0 Å². The summed E-state index contributed by atoms with van der Waals surface area (Å²) in [4.78, 5) is 12.6. The number of amides is 1. The minimum atomic E-state index is -4.95. The fraction of sp³-hybridized carbons (Fsp3) is 0.278. The summed E-state index contributed by atoms with van der Waals surface area (Å²) in [5.74, 6) is -1.62. The summed E-state index contributed by atoms with van der Waals surface area (Å²) >= 11 is 0. The van der Waals surface area contributed by atoms with Crippen molar-refractivity contribution in [1.29, 1.82) is 0 Å². The number of rotatable bonds is 3. The van der Waals surface area contributed by atoms with Crippen LogP contribution in [0.1, 0.15) is 30.9 Å². The molecule has 5 nitrogen and oxygen atoms in total. The van der Waals surface area contributed by atoms with Gasteiger partial charge in [0.05, 0.1) is 5.69 Å². The standard InChI is InChI=1S/C18H17F3N4O/c1-10(2)12-4-6-13(7-5-12)25-23-15-8-11(3)14(9-16(15)24-25)22-17(26)18(19,20)21/h4-10H,1-3H3,(H,22,26). The second-order valence-corrected chi connectivity index (χ2v) is 6.34. The maximum absolute atomic E-state index is 12.5. The fourth-order valence-corrected chi connectivity index (χ4v) is 2.50. The molecule has 0 unspecified atom stereocenters. The SMILES string of the molecule is Cc1cc2nn(-c3ccc(C(C)C)cc3)nc2cc1NC(=O)C(F)(F)F. The molecule has 0 atom stereocenters. The first-order valence-electron chi connectivity index (χ1n) is 8.01. The van der Waals surface area contributed by atoms with Gasteiger partial charge in [0.2, 0.25) is 0 Å². The molecule has 1 aromatic heterocycles. The van der Waals surface area contributed by atoms with Gasteiger partial charge in [-0.25, -0.2) is 0 Å². The Labute approximate surface area is 147 Å². The number of anilines is 1. The van der Waals surface area contributed by atoms with E-state index in [4.69, 9.17) is 0 Å². The van der Waals surface area contributed by atoms with Crippen LogP contribution in [0.25, 0.3) is 16.7 Å². The van der Waals surface area contributed by atoms with Crippen LogP contribution in [0.2, 0.25) is 0 Å². The van der Waals surface area contributed by atoms with Gasteiger partial charge in [0.1, 0.15) is 11.0 Å². The molecule has 0 radical (unpaired) electrons. The zero-order valence-electron chi connectivity index (χ0n) is 14.4. The fourth-order valence-electron chi connectivity index (χ4n) is 2.50. The number of carbonyl (C=O) groups is 1. The molecule has 0 fully saturated rings. The van der Waals surface area contributed by atoms with Gasteiger partial charge in [-0.3, -0.25) is 4.79 Å². The maximum Gasteiger partial charge on any atom is 0.471 e. The largest absolute Gasteiger partial charge is 0.471 e. The summed E-state index contributed by atoms with van der Waals surface area (Å²) in [6.45, 7) is 5.78. The third kappa shape index (κ3) is 3.54. The number of alkyl halides is 3. The van der Waals surface area contributed by atoms with Crippen molar-refractivity contribution in [3.05, 3.63) is 47.5 Å². The van der Waals surface area contributed by atoms with Gasteiger partial charge in [0, 0.05) is 5.69 Å². The quantitative estimate of drug-likeness (QED) is 0.753. The van der Waals surface area contributed by atoms with E-state index in [1.54, 1.807) is 13.0 Å². The number of nitrogens with zero attached hydrogens (tertiary/aromatic N) is 3. The van der Waals surface area contributed by atoms with Gasteiger partial charge < -0.3 is 5.32 Å². The number of benzene rings is 2. The molecule has 3 aromatic rings. The smallest absolute Gasteiger partial charge is 0.318 e. The zero-order valence-corrected chi connectivity index (χ0v) is 14.4. The molecule has 1 heterocycles. The number of halogens is 3. The first-order valence-corrected chi connectivity index (χ1v) is 8.01. The van der Waals surface area contributed by atoms with Gasteiger partial charge in [0.15, 0.2) is 0 Å². The van der Waals surface area contributed by atoms with Crippen molar-refractivity contribution >= 4 is 22.6 Å². The molecule has 1 N–H and O–H groups in total. The van der Waals surface area contributed by atoms with Crippen LogP contribution in [0.4, 0.5) is 18.9 Å². The lowest BCUT2D eigenvalue weighted by Gasteiger charge is -2.09. The molecule has 0 aliphatic heterocycles. The molecule has 3 rings (SSSR count). The minimum absolute atomic E-state index is 0.0574. The van der Waals surface area contributed by atoms with Gasteiger partial charge in [-0.05, 0) is 48.2 Å². The average molecular weight is 362 g/mol. The second kappa shape index (κ2) is 6.44. The Bertz CT molecular complexity index is 959. The van der Waals surface area contributed by atoms with E-state index in [0.29, 0.717) is 22.5 Å². The van der Waals surface area contributed by atoms with E-state index in [-0.39, 0.29) is 5.69 Å². The number of aromatic nitrogens is 3. The molecule has 0 bridgehead atoms. The van der Waals surface area contributed by atoms with Gasteiger partial charge in [-0.1, -0.05) is 26.0 Å². The number of carbonyl (C=O) groups excluding carboxylic acids is 1. The highest BCUT2D eigenvalue weighted by Gasteiger charge is 2.38. The highest BCUT2D eigenvalue weighted by atomic mass is 19.4. The number of hydrogen-bond acceptors (Lipinski definition) is 3. The lowest BCUT2D eigenvalue weighted by molar-refractivity contribution is -0.167. The highest BCUT2D eigenvalue weighted by molar-refractivity contribution is 5.97. The Hall–Kier alpha value is -2.90. The highest BCUT2D eigenvalue weighted by Crippen LogP contribution is 2.25. The average Bonchev–Trinajstić information content (AvgIpc) is 2.97. The van der Waals surface area contributed by atoms with Crippen LogP contribution in [0.3, 0.4) is 0 Å². The second-order valence-electron chi connectivity index (χ2n) is 6.34. The molecule has 0 aliphatic carbocycles. The summed E-state index contributed by atoms with van der Waals surface area (Å²) in [5.41, 5.74) is 3.36. The van der Waals surface area contributed by atoms with Crippen molar-refractivity contribution < 1.29 is 18.0 Å². The van der Waals surface area contributed by atoms with E-state index in [1.165, 1.54) is 16.4 Å². The number of aryl methyl sites for hydroxylation is 1. The van der Waals surface area contributed by atoms with Gasteiger partial charge >= 0.3 is 12.1 Å². The van der Waals surface area contributed by atoms with Crippen molar-refractivity contribution in [2.24, 2.45) is 0 Å². The predicted octanol–water partition coefficient (Wildman–Crippen LogP) is 4.35. The number of fused-ring (bicyclic) bond motifs is 1. The lowest BCUT2D eigenvalue weighted by atomic mass is 10.0. The molecule has 0 saturated carbocycles. The van der Waals surface area contributed by atoms with Gasteiger partial charge in [0.25, 0.3) is 0 Å². The summed E-state index contributed by atoms with van der Waals surface area (Å²) in [6, 6.07) is 10.7. The Morgan fingerprint density at radius 1 is 1.08 bits per heavy atom. The monoisotopic (exact) mass is 362 g/mol. The van der Waals surface area contributed by atoms with Crippen molar-refractivity contribution in [3.8, 4) is 5.69 Å². The van der Waals surface area contributed by atoms with Crippen LogP contribution in [0.15, 0.2) is 36.4 Å². The number of nitrogens with one attached hydrogen (secondary N) is 1. The summed E-state index contributed by atoms with van der Waals surface area (Å²) in [7, 11) is 0. The van der Waals surface area contributed by atoms with Crippen LogP contribution < -0.4 is 5.32 Å². The van der Waals surface area contributed by atoms with E-state index in [0.717, 1.165) is 5.69 Å². The van der Waals surface area contributed by atoms with E-state index in [9.17, 15) is 18.0 Å². The normalized spacial score (nSPS) is 12.0. The maximum atomic E-state index is 12.5. The molecule has 26 heavy (non-hydrogen) atoms. The minimum Gasteiger partial charge on any atom is -0.318 e. The summed E-state index contributed by atoms with van der Waals surface area (Å²) < 4.78 is 37.4. The third-order valence-electron chi connectivity index (χ3n) is 4.02. The Balaban J connectivity index is 1.95. The van der Waals surface area contributed by atoms with Crippen LogP contribution in [-0.4, -0.2) is 27.1 Å². The topological polar surface area (TPSA) is 59.8 Å². The molecule has 0 saturated heterocycles. The summed E-state index contributed by atoms with van der Waals surface area (Å²) in [5, 5.41) is 10.5. The third-order valence-corrected chi connectivity index (χ3v) is 4.02. The number of hydrogen-bond donors (Lipinski definition) is 1. The first-order chi connectivity index (χ1) is 12.1. The van der Waals surface area contributed by atoms with Crippen LogP contribution in [-0.2, 0) is 4.79 Å². The van der Waals surface area contributed by atoms with E-state index < -0.39 is 12.1 Å². The first kappa shape index (κ1) is 17.9. The molecule has 1 amide bonds. The van der Waals surface area contributed by atoms with Crippen LogP contribution >= 0.6 is 0 Å². The summed E-state index contributed by atoms with van der Waals surface area (Å²) in [6.07, 6.45) is -4.95. The van der Waals surface area contributed by atoms with E-state index in [1.807, 2.05) is 29.6 Å². The van der Waals surface area contributed by atoms with Gasteiger partial charge in [-0.15, -0.1) is 10.2 Å². The molecule has 0 spiro atoms. The Kier molecular flexibility index (Phi) is 4.43. The van der Waals surface area contributed by atoms with E-state index in [2.05, 4.69) is 24.0 Å². The van der Waals surface area contributed by atoms with Crippen molar-refractivity contribution in [2.45, 2.75) is 32.9 Å². The van der Waals surface area contributed by atoms with Crippen molar-refractivity contribution in [1.82, 2.24) is 15.0 Å². The Morgan fingerprint density at radius 2 is 1.65 bits per heavy atom. The van der Waals surface area contributed by atoms with Crippen LogP contribution in [0.5, 0.6) is 0 Å². The molecule has 2 aromatic carbocycles. The molecular formula is C18H17F3N4O. The van der Waals surface area contributed by atoms with Crippen molar-refractivity contribution in [2.75, 3.05) is 5.32 Å². The van der Waals surface area contributed by atoms with Gasteiger partial charge in [-0.2, -0.15) is 18.0 Å². The van der Waals surface area contributed by atoms with Crippen molar-refractivity contribution in [3.63, 3.8) is 0 Å². The predicted molar refractivity (Wildman–Crippen MR) is 92.4 cm³/mol. The Morgan fingerprint density at radius 3 is 2.19 bits per heavy atom. The molecule has 8 heteroatoms. The molecule has 136 valence electrons. The van der Waals surface area contributed by atoms with Crippen LogP contribution in [0, 0.1) is 6.92 Å².